The van der Waals surface area contributed by atoms with Crippen LogP contribution in [0.3, 0.4) is 0 Å². The first-order valence-corrected chi connectivity index (χ1v) is 13.3. The maximum absolute atomic E-state index is 13.7. The molecule has 1 aromatic carbocycles. The molecule has 2 bridgehead atoms. The van der Waals surface area contributed by atoms with Gasteiger partial charge in [0.1, 0.15) is 0 Å². The molecule has 4 heterocycles. The average Bonchev–Trinajstić information content (AvgIpc) is 3.24. The number of carbonyl (C=O) groups is 2. The van der Waals surface area contributed by atoms with Crippen LogP contribution in [0.1, 0.15) is 33.6 Å². The van der Waals surface area contributed by atoms with Crippen LogP contribution in [-0.2, 0) is 19.1 Å². The number of carbonyl (C=O) groups excluding carboxylic acids is 2. The molecule has 4 fully saturated rings. The lowest BCUT2D eigenvalue weighted by atomic mass is 9.66. The zero-order chi connectivity index (χ0) is 25.8. The Bertz CT molecular complexity index is 1200. The summed E-state index contributed by atoms with van der Waals surface area (Å²) in [4.78, 5) is 42.0. The third kappa shape index (κ3) is 3.61. The second-order valence-electron chi connectivity index (χ2n) is 11.3. The lowest BCUT2D eigenvalue weighted by Crippen LogP contribution is -2.59. The number of hydrogen-bond donors (Lipinski definition) is 0. The smallest absolute Gasteiger partial charge is 0.313 e. The Morgan fingerprint density at radius 2 is 1.59 bits per heavy atom. The quantitative estimate of drug-likeness (QED) is 0.587. The van der Waals surface area contributed by atoms with Gasteiger partial charge in [-0.3, -0.25) is 9.59 Å². The van der Waals surface area contributed by atoms with Crippen LogP contribution in [0, 0.1) is 10.8 Å². The van der Waals surface area contributed by atoms with Crippen molar-refractivity contribution in [3.05, 3.63) is 36.5 Å². The van der Waals surface area contributed by atoms with Crippen LogP contribution in [-0.4, -0.2) is 84.8 Å². The SMILES string of the molecule is CC1(C)C2(C(=O)N3CCN(c4nccc(-c5ccc(N6CCOCC6)cc5)n4)CC3)CC[C@@]1(C)C(=O)O2. The Morgan fingerprint density at radius 1 is 0.892 bits per heavy atom. The predicted molar refractivity (Wildman–Crippen MR) is 139 cm³/mol. The molecule has 0 N–H and O–H groups in total. The summed E-state index contributed by atoms with van der Waals surface area (Å²) < 4.78 is 11.3. The number of rotatable bonds is 4. The van der Waals surface area contributed by atoms with Crippen molar-refractivity contribution in [2.24, 2.45) is 10.8 Å². The number of aromatic nitrogens is 2. The Morgan fingerprint density at radius 3 is 2.22 bits per heavy atom. The maximum atomic E-state index is 13.7. The van der Waals surface area contributed by atoms with Gasteiger partial charge in [-0.05, 0) is 38.0 Å². The van der Waals surface area contributed by atoms with E-state index in [9.17, 15) is 9.59 Å². The van der Waals surface area contributed by atoms with E-state index in [-0.39, 0.29) is 11.9 Å². The summed E-state index contributed by atoms with van der Waals surface area (Å²) in [6.07, 6.45) is 3.08. The summed E-state index contributed by atoms with van der Waals surface area (Å²) in [5, 5.41) is 0. The van der Waals surface area contributed by atoms with Crippen LogP contribution in [0.4, 0.5) is 11.6 Å². The zero-order valence-electron chi connectivity index (χ0n) is 21.9. The molecule has 1 aliphatic carbocycles. The van der Waals surface area contributed by atoms with Crippen molar-refractivity contribution in [3.8, 4) is 11.3 Å². The number of piperazine rings is 1. The topological polar surface area (TPSA) is 88.1 Å². The van der Waals surface area contributed by atoms with Gasteiger partial charge in [0, 0.05) is 62.1 Å². The second-order valence-corrected chi connectivity index (χ2v) is 11.3. The first-order valence-electron chi connectivity index (χ1n) is 13.3. The van der Waals surface area contributed by atoms with Crippen LogP contribution in [0.15, 0.2) is 36.5 Å². The van der Waals surface area contributed by atoms with Gasteiger partial charge >= 0.3 is 5.97 Å². The molecule has 1 amide bonds. The summed E-state index contributed by atoms with van der Waals surface area (Å²) in [7, 11) is 0. The van der Waals surface area contributed by atoms with Gasteiger partial charge in [0.2, 0.25) is 5.95 Å². The predicted octanol–water partition coefficient (Wildman–Crippen LogP) is 2.75. The minimum atomic E-state index is -1.05. The minimum Gasteiger partial charge on any atom is -0.448 e. The van der Waals surface area contributed by atoms with Crippen molar-refractivity contribution in [2.75, 3.05) is 62.3 Å². The maximum Gasteiger partial charge on any atom is 0.313 e. The van der Waals surface area contributed by atoms with Crippen molar-refractivity contribution in [1.29, 1.82) is 0 Å². The van der Waals surface area contributed by atoms with Crippen LogP contribution >= 0.6 is 0 Å². The number of hydrogen-bond acceptors (Lipinski definition) is 8. The molecule has 1 saturated carbocycles. The molecule has 6 rings (SSSR count). The van der Waals surface area contributed by atoms with E-state index in [0.717, 1.165) is 37.6 Å². The Balaban J connectivity index is 1.13. The molecular formula is C28H35N5O4. The van der Waals surface area contributed by atoms with Gasteiger partial charge in [0.05, 0.1) is 24.3 Å². The summed E-state index contributed by atoms with van der Waals surface area (Å²) >= 11 is 0. The van der Waals surface area contributed by atoms with Gasteiger partial charge in [-0.15, -0.1) is 0 Å². The molecule has 9 heteroatoms. The van der Waals surface area contributed by atoms with E-state index < -0.39 is 16.4 Å². The normalized spacial score (nSPS) is 28.9. The van der Waals surface area contributed by atoms with E-state index in [1.54, 1.807) is 6.20 Å². The second kappa shape index (κ2) is 8.68. The molecule has 1 unspecified atom stereocenters. The van der Waals surface area contributed by atoms with E-state index in [1.807, 2.05) is 31.7 Å². The summed E-state index contributed by atoms with van der Waals surface area (Å²) in [5.41, 5.74) is 0.938. The van der Waals surface area contributed by atoms with E-state index in [4.69, 9.17) is 14.5 Å². The number of benzene rings is 1. The molecule has 0 radical (unpaired) electrons. The van der Waals surface area contributed by atoms with Crippen LogP contribution in [0.2, 0.25) is 0 Å². The number of ether oxygens (including phenoxy) is 2. The molecule has 196 valence electrons. The Kier molecular flexibility index (Phi) is 5.67. The highest BCUT2D eigenvalue weighted by Gasteiger charge is 2.76. The number of amides is 1. The van der Waals surface area contributed by atoms with Gasteiger partial charge in [0.15, 0.2) is 5.60 Å². The lowest BCUT2D eigenvalue weighted by molar-refractivity contribution is -0.174. The van der Waals surface area contributed by atoms with Crippen LogP contribution < -0.4 is 9.80 Å². The summed E-state index contributed by atoms with van der Waals surface area (Å²) in [5.74, 6) is 0.377. The third-order valence-electron chi connectivity index (χ3n) is 9.46. The molecule has 37 heavy (non-hydrogen) atoms. The van der Waals surface area contributed by atoms with Crippen LogP contribution in [0.25, 0.3) is 11.3 Å². The lowest BCUT2D eigenvalue weighted by Gasteiger charge is -2.42. The van der Waals surface area contributed by atoms with Crippen LogP contribution in [0.5, 0.6) is 0 Å². The number of nitrogens with zero attached hydrogens (tertiary/aromatic N) is 5. The molecule has 3 aliphatic heterocycles. The monoisotopic (exact) mass is 505 g/mol. The van der Waals surface area contributed by atoms with Crippen molar-refractivity contribution in [3.63, 3.8) is 0 Å². The van der Waals surface area contributed by atoms with E-state index in [1.165, 1.54) is 5.69 Å². The van der Waals surface area contributed by atoms with E-state index in [0.29, 0.717) is 45.0 Å². The molecule has 0 spiro atoms. The molecule has 4 aliphatic rings. The number of esters is 1. The fourth-order valence-corrected chi connectivity index (χ4v) is 6.41. The van der Waals surface area contributed by atoms with Gasteiger partial charge in [-0.2, -0.15) is 0 Å². The molecular weight excluding hydrogens is 470 g/mol. The first-order chi connectivity index (χ1) is 17.7. The van der Waals surface area contributed by atoms with Gasteiger partial charge in [-0.25, -0.2) is 9.97 Å². The standard InChI is InChI=1S/C28H35N5O4/c1-26(2)27(3)9-10-28(26,37-24(27)35)23(34)32-12-14-33(15-13-32)25-29-11-8-22(30-25)20-4-6-21(7-5-20)31-16-18-36-19-17-31/h4-8,11H,9-10,12-19H2,1-3H3/t27-,28?/m0/s1. The fraction of sp³-hybridized carbons (Fsp3) is 0.571. The highest BCUT2D eigenvalue weighted by Crippen LogP contribution is 2.66. The number of morpholine rings is 1. The fourth-order valence-electron chi connectivity index (χ4n) is 6.41. The minimum absolute atomic E-state index is 0.0539. The highest BCUT2D eigenvalue weighted by atomic mass is 16.6. The van der Waals surface area contributed by atoms with Gasteiger partial charge in [-0.1, -0.05) is 26.0 Å². The first kappa shape index (κ1) is 24.2. The zero-order valence-corrected chi connectivity index (χ0v) is 21.9. The van der Waals surface area contributed by atoms with E-state index in [2.05, 4.69) is 39.0 Å². The van der Waals surface area contributed by atoms with Gasteiger partial charge < -0.3 is 24.2 Å². The van der Waals surface area contributed by atoms with E-state index >= 15 is 0 Å². The van der Waals surface area contributed by atoms with Gasteiger partial charge in [0.25, 0.3) is 5.91 Å². The highest BCUT2D eigenvalue weighted by molar-refractivity contribution is 5.96. The van der Waals surface area contributed by atoms with Crippen molar-refractivity contribution in [1.82, 2.24) is 14.9 Å². The summed E-state index contributed by atoms with van der Waals surface area (Å²) in [6, 6.07) is 10.4. The molecule has 9 nitrogen and oxygen atoms in total. The summed E-state index contributed by atoms with van der Waals surface area (Å²) in [6.45, 7) is 11.7. The third-order valence-corrected chi connectivity index (χ3v) is 9.46. The van der Waals surface area contributed by atoms with Crippen molar-refractivity contribution in [2.45, 2.75) is 39.2 Å². The number of anilines is 2. The van der Waals surface area contributed by atoms with Crippen molar-refractivity contribution < 1.29 is 19.1 Å². The average molecular weight is 506 g/mol. The molecule has 2 aromatic rings. The molecule has 2 atom stereocenters. The molecule has 1 aromatic heterocycles. The largest absolute Gasteiger partial charge is 0.448 e. The molecule has 3 saturated heterocycles. The number of fused-ring (bicyclic) bond motifs is 2. The van der Waals surface area contributed by atoms with Crippen molar-refractivity contribution >= 4 is 23.5 Å². The Hall–Kier alpha value is -3.20. The Labute approximate surface area is 217 Å².